The van der Waals surface area contributed by atoms with Gasteiger partial charge < -0.3 is 5.73 Å². The molecule has 4 rings (SSSR count). The molecule has 0 bridgehead atoms. The predicted molar refractivity (Wildman–Crippen MR) is 94.7 cm³/mol. The molecule has 2 heterocycles. The molecule has 1 aromatic heterocycles. The number of rotatable bonds is 5. The molecule has 128 valence electrons. The van der Waals surface area contributed by atoms with Gasteiger partial charge in [0.1, 0.15) is 0 Å². The summed E-state index contributed by atoms with van der Waals surface area (Å²) in [5.74, 6) is 0. The SMILES string of the molecule is NCC1(C2CCCCN2Cc2cn(-c3ccccc3)nn2)CCC1. The molecule has 1 atom stereocenters. The first-order valence-electron chi connectivity index (χ1n) is 9.21. The molecule has 2 fully saturated rings. The van der Waals surface area contributed by atoms with Crippen LogP contribution in [0.25, 0.3) is 5.69 Å². The van der Waals surface area contributed by atoms with Crippen molar-refractivity contribution >= 4 is 0 Å². The molecule has 0 spiro atoms. The van der Waals surface area contributed by atoms with Crippen LogP contribution in [0.4, 0.5) is 0 Å². The highest BCUT2D eigenvalue weighted by Crippen LogP contribution is 2.47. The lowest BCUT2D eigenvalue weighted by Crippen LogP contribution is -2.56. The number of likely N-dealkylation sites (tertiary alicyclic amines) is 1. The zero-order chi connectivity index (χ0) is 16.4. The summed E-state index contributed by atoms with van der Waals surface area (Å²) in [5.41, 5.74) is 8.65. The van der Waals surface area contributed by atoms with Crippen molar-refractivity contribution in [2.24, 2.45) is 11.1 Å². The van der Waals surface area contributed by atoms with E-state index in [1.54, 1.807) is 0 Å². The summed E-state index contributed by atoms with van der Waals surface area (Å²) in [4.78, 5) is 2.62. The van der Waals surface area contributed by atoms with E-state index in [0.29, 0.717) is 11.5 Å². The summed E-state index contributed by atoms with van der Waals surface area (Å²) in [6, 6.07) is 10.8. The Hall–Kier alpha value is -1.72. The van der Waals surface area contributed by atoms with Gasteiger partial charge in [-0.25, -0.2) is 4.68 Å². The van der Waals surface area contributed by atoms with Crippen LogP contribution in [-0.2, 0) is 6.54 Å². The fourth-order valence-electron chi connectivity index (χ4n) is 4.46. The first-order valence-corrected chi connectivity index (χ1v) is 9.21. The Morgan fingerprint density at radius 3 is 2.67 bits per heavy atom. The molecular formula is C19H27N5. The summed E-state index contributed by atoms with van der Waals surface area (Å²) in [5, 5.41) is 8.72. The number of benzene rings is 1. The van der Waals surface area contributed by atoms with Gasteiger partial charge in [-0.3, -0.25) is 4.90 Å². The van der Waals surface area contributed by atoms with Gasteiger partial charge in [0.25, 0.3) is 0 Å². The molecule has 1 saturated heterocycles. The summed E-state index contributed by atoms with van der Waals surface area (Å²) in [6.07, 6.45) is 9.89. The van der Waals surface area contributed by atoms with E-state index in [9.17, 15) is 0 Å². The van der Waals surface area contributed by atoms with Crippen LogP contribution in [0.2, 0.25) is 0 Å². The largest absolute Gasteiger partial charge is 0.330 e. The number of hydrogen-bond acceptors (Lipinski definition) is 4. The summed E-state index contributed by atoms with van der Waals surface area (Å²) in [7, 11) is 0. The Kier molecular flexibility index (Phi) is 4.37. The lowest BCUT2D eigenvalue weighted by Gasteiger charge is -2.53. The molecule has 1 aromatic carbocycles. The number of para-hydroxylation sites is 1. The van der Waals surface area contributed by atoms with Gasteiger partial charge in [0, 0.05) is 12.6 Å². The van der Waals surface area contributed by atoms with Gasteiger partial charge in [-0.1, -0.05) is 36.3 Å². The summed E-state index contributed by atoms with van der Waals surface area (Å²) < 4.78 is 1.87. The highest BCUT2D eigenvalue weighted by molar-refractivity contribution is 5.29. The molecule has 1 saturated carbocycles. The third-order valence-corrected chi connectivity index (χ3v) is 6.00. The quantitative estimate of drug-likeness (QED) is 0.918. The van der Waals surface area contributed by atoms with E-state index in [0.717, 1.165) is 31.0 Å². The third-order valence-electron chi connectivity index (χ3n) is 6.00. The molecule has 2 N–H and O–H groups in total. The van der Waals surface area contributed by atoms with Crippen LogP contribution in [0, 0.1) is 5.41 Å². The molecule has 1 unspecified atom stereocenters. The molecule has 2 aliphatic rings. The number of piperidine rings is 1. The molecule has 24 heavy (non-hydrogen) atoms. The second kappa shape index (κ2) is 6.65. The second-order valence-corrected chi connectivity index (χ2v) is 7.39. The van der Waals surface area contributed by atoms with E-state index >= 15 is 0 Å². The first kappa shape index (κ1) is 15.8. The molecule has 0 radical (unpaired) electrons. The second-order valence-electron chi connectivity index (χ2n) is 7.39. The van der Waals surface area contributed by atoms with E-state index < -0.39 is 0 Å². The molecular weight excluding hydrogens is 298 g/mol. The van der Waals surface area contributed by atoms with Crippen LogP contribution in [0.5, 0.6) is 0 Å². The maximum absolute atomic E-state index is 6.18. The average Bonchev–Trinajstić information content (AvgIpc) is 3.05. The van der Waals surface area contributed by atoms with Gasteiger partial charge in [0.15, 0.2) is 0 Å². The van der Waals surface area contributed by atoms with Gasteiger partial charge in [-0.05, 0) is 56.3 Å². The van der Waals surface area contributed by atoms with Gasteiger partial charge in [-0.2, -0.15) is 0 Å². The smallest absolute Gasteiger partial charge is 0.0971 e. The Balaban J connectivity index is 1.50. The maximum atomic E-state index is 6.18. The predicted octanol–water partition coefficient (Wildman–Crippen LogP) is 2.75. The van der Waals surface area contributed by atoms with E-state index in [-0.39, 0.29) is 0 Å². The van der Waals surface area contributed by atoms with Crippen molar-refractivity contribution in [2.45, 2.75) is 51.1 Å². The van der Waals surface area contributed by atoms with Crippen molar-refractivity contribution in [1.29, 1.82) is 0 Å². The fourth-order valence-corrected chi connectivity index (χ4v) is 4.46. The topological polar surface area (TPSA) is 60.0 Å². The Morgan fingerprint density at radius 2 is 1.96 bits per heavy atom. The zero-order valence-electron chi connectivity index (χ0n) is 14.3. The van der Waals surface area contributed by atoms with Gasteiger partial charge >= 0.3 is 0 Å². The number of nitrogens with zero attached hydrogens (tertiary/aromatic N) is 4. The van der Waals surface area contributed by atoms with Gasteiger partial charge in [-0.15, -0.1) is 5.10 Å². The minimum Gasteiger partial charge on any atom is -0.330 e. The van der Waals surface area contributed by atoms with E-state index in [4.69, 9.17) is 5.73 Å². The Bertz CT molecular complexity index is 656. The van der Waals surface area contributed by atoms with Crippen LogP contribution in [0.3, 0.4) is 0 Å². The monoisotopic (exact) mass is 325 g/mol. The number of hydrogen-bond donors (Lipinski definition) is 1. The Morgan fingerprint density at radius 1 is 1.12 bits per heavy atom. The van der Waals surface area contributed by atoms with E-state index in [1.807, 2.05) is 22.9 Å². The van der Waals surface area contributed by atoms with Crippen molar-refractivity contribution in [3.05, 3.63) is 42.2 Å². The standard InChI is InChI=1S/C19H27N5/c20-15-19(10-6-11-19)18-9-4-5-12-23(18)13-16-14-24(22-21-16)17-7-2-1-3-8-17/h1-3,7-8,14,18H,4-6,9-13,15,20H2. The summed E-state index contributed by atoms with van der Waals surface area (Å²) in [6.45, 7) is 2.87. The summed E-state index contributed by atoms with van der Waals surface area (Å²) >= 11 is 0. The zero-order valence-corrected chi connectivity index (χ0v) is 14.3. The van der Waals surface area contributed by atoms with Crippen molar-refractivity contribution < 1.29 is 0 Å². The third kappa shape index (κ3) is 2.87. The minimum atomic E-state index is 0.357. The Labute approximate surface area is 143 Å². The van der Waals surface area contributed by atoms with Crippen LogP contribution >= 0.6 is 0 Å². The molecule has 1 aliphatic carbocycles. The van der Waals surface area contributed by atoms with Crippen molar-refractivity contribution in [3.8, 4) is 5.69 Å². The highest BCUT2D eigenvalue weighted by Gasteiger charge is 2.46. The van der Waals surface area contributed by atoms with Crippen molar-refractivity contribution in [1.82, 2.24) is 19.9 Å². The van der Waals surface area contributed by atoms with Crippen molar-refractivity contribution in [3.63, 3.8) is 0 Å². The molecule has 2 aromatic rings. The minimum absolute atomic E-state index is 0.357. The first-order chi connectivity index (χ1) is 11.8. The number of aromatic nitrogens is 3. The van der Waals surface area contributed by atoms with Crippen molar-refractivity contribution in [2.75, 3.05) is 13.1 Å². The van der Waals surface area contributed by atoms with Crippen LogP contribution < -0.4 is 5.73 Å². The van der Waals surface area contributed by atoms with Crippen LogP contribution in [0.15, 0.2) is 36.5 Å². The fraction of sp³-hybridized carbons (Fsp3) is 0.579. The van der Waals surface area contributed by atoms with Gasteiger partial charge in [0.2, 0.25) is 0 Å². The average molecular weight is 325 g/mol. The number of nitrogens with two attached hydrogens (primary N) is 1. The van der Waals surface area contributed by atoms with E-state index in [1.165, 1.54) is 38.5 Å². The molecule has 0 amide bonds. The molecule has 1 aliphatic heterocycles. The van der Waals surface area contributed by atoms with Crippen LogP contribution in [0.1, 0.15) is 44.2 Å². The lowest BCUT2D eigenvalue weighted by atomic mass is 9.62. The molecule has 5 nitrogen and oxygen atoms in total. The maximum Gasteiger partial charge on any atom is 0.0971 e. The lowest BCUT2D eigenvalue weighted by molar-refractivity contribution is -0.0211. The van der Waals surface area contributed by atoms with Crippen LogP contribution in [-0.4, -0.2) is 39.0 Å². The molecule has 5 heteroatoms. The van der Waals surface area contributed by atoms with E-state index in [2.05, 4.69) is 33.5 Å². The normalized spacial score (nSPS) is 23.8. The van der Waals surface area contributed by atoms with Gasteiger partial charge in [0.05, 0.1) is 17.6 Å². The highest BCUT2D eigenvalue weighted by atomic mass is 15.4.